The summed E-state index contributed by atoms with van der Waals surface area (Å²) in [6.07, 6.45) is 3.91. The number of carbonyl (C=O) groups is 1. The highest BCUT2D eigenvalue weighted by Crippen LogP contribution is 2.32. The summed E-state index contributed by atoms with van der Waals surface area (Å²) in [4.78, 5) is 12.8. The second-order valence-corrected chi connectivity index (χ2v) is 7.43. The van der Waals surface area contributed by atoms with Gasteiger partial charge in [0, 0.05) is 0 Å². The van der Waals surface area contributed by atoms with Gasteiger partial charge < -0.3 is 15.2 Å². The molecule has 0 radical (unpaired) electrons. The van der Waals surface area contributed by atoms with Crippen LogP contribution in [0.4, 0.5) is 0 Å². The van der Waals surface area contributed by atoms with Crippen LogP contribution in [-0.2, 0) is 0 Å². The van der Waals surface area contributed by atoms with E-state index >= 15 is 0 Å². The third-order valence-electron chi connectivity index (χ3n) is 4.99. The summed E-state index contributed by atoms with van der Waals surface area (Å²) < 4.78 is 5.60. The van der Waals surface area contributed by atoms with Crippen molar-refractivity contribution >= 4 is 29.0 Å². The monoisotopic (exact) mass is 393 g/mol. The molecule has 29 heavy (non-hydrogen) atoms. The van der Waals surface area contributed by atoms with Crippen LogP contribution in [0.1, 0.15) is 41.0 Å². The number of aryl methyl sites for hydroxylation is 1. The van der Waals surface area contributed by atoms with Gasteiger partial charge in [-0.05, 0) is 36.6 Å². The van der Waals surface area contributed by atoms with Crippen LogP contribution >= 0.6 is 0 Å². The van der Waals surface area contributed by atoms with E-state index in [2.05, 4.69) is 27.6 Å². The van der Waals surface area contributed by atoms with Crippen molar-refractivity contribution in [2.75, 3.05) is 13.7 Å². The molecule has 6 nitrogen and oxygen atoms in total. The summed E-state index contributed by atoms with van der Waals surface area (Å²) in [7, 11) is 1.54. The fourth-order valence-electron chi connectivity index (χ4n) is 3.14. The van der Waals surface area contributed by atoms with Gasteiger partial charge in [-0.1, -0.05) is 49.8 Å². The number of ether oxygens (including phenoxy) is 1. The van der Waals surface area contributed by atoms with E-state index in [0.29, 0.717) is 16.8 Å². The Hall–Kier alpha value is -3.12. The molecule has 0 aliphatic heterocycles. The number of aliphatic hydroxyl groups is 1. The molecule has 3 N–H and O–H groups in total. The van der Waals surface area contributed by atoms with Crippen molar-refractivity contribution in [3.05, 3.63) is 58.8 Å². The van der Waals surface area contributed by atoms with E-state index in [0.717, 1.165) is 16.6 Å². The van der Waals surface area contributed by atoms with Crippen LogP contribution in [0.25, 0.3) is 23.1 Å². The number of rotatable bonds is 7. The Morgan fingerprint density at radius 2 is 1.93 bits per heavy atom. The first kappa shape index (κ1) is 20.6. The molecule has 1 amide bonds. The predicted octanol–water partition coefficient (Wildman–Crippen LogP) is 3.80. The molecule has 1 atom stereocenters. The molecular formula is C23H27N3O3. The number of nitrogens with zero attached hydrogens (tertiary/aromatic N) is 1. The smallest absolute Gasteiger partial charge is 0.255 e. The average molecular weight is 393 g/mol. The number of aromatic nitrogens is 2. The highest BCUT2D eigenvalue weighted by Gasteiger charge is 2.22. The lowest BCUT2D eigenvalue weighted by Gasteiger charge is -2.20. The number of methoxy groups -OCH3 is 1. The Balaban J connectivity index is 1.98. The van der Waals surface area contributed by atoms with Crippen LogP contribution in [0.5, 0.6) is 5.75 Å². The van der Waals surface area contributed by atoms with Gasteiger partial charge in [0.1, 0.15) is 5.75 Å². The highest BCUT2D eigenvalue weighted by atomic mass is 16.5. The van der Waals surface area contributed by atoms with Crippen LogP contribution in [0.15, 0.2) is 36.4 Å². The van der Waals surface area contributed by atoms with E-state index in [9.17, 15) is 9.90 Å². The lowest BCUT2D eigenvalue weighted by atomic mass is 10.0. The van der Waals surface area contributed by atoms with E-state index in [-0.39, 0.29) is 24.5 Å². The zero-order chi connectivity index (χ0) is 21.0. The van der Waals surface area contributed by atoms with Gasteiger partial charge in [0.2, 0.25) is 0 Å². The number of nitrogens with one attached hydrogen (secondary N) is 2. The van der Waals surface area contributed by atoms with Gasteiger partial charge in [-0.2, -0.15) is 5.10 Å². The summed E-state index contributed by atoms with van der Waals surface area (Å²) in [5.74, 6) is 0.282. The Labute approximate surface area is 170 Å². The first-order valence-electron chi connectivity index (χ1n) is 9.66. The average Bonchev–Trinajstić information content (AvgIpc) is 3.13. The maximum atomic E-state index is 12.8. The van der Waals surface area contributed by atoms with E-state index < -0.39 is 0 Å². The molecule has 152 valence electrons. The van der Waals surface area contributed by atoms with Gasteiger partial charge in [-0.3, -0.25) is 9.89 Å². The van der Waals surface area contributed by atoms with E-state index in [1.165, 1.54) is 12.7 Å². The predicted molar refractivity (Wildman–Crippen MR) is 116 cm³/mol. The number of aromatic amines is 1. The van der Waals surface area contributed by atoms with Gasteiger partial charge in [0.15, 0.2) is 0 Å². The molecule has 3 rings (SSSR count). The van der Waals surface area contributed by atoms with Crippen LogP contribution < -0.4 is 10.1 Å². The van der Waals surface area contributed by atoms with Gasteiger partial charge in [0.05, 0.1) is 41.9 Å². The van der Waals surface area contributed by atoms with Crippen LogP contribution in [0.3, 0.4) is 0 Å². The number of hydrogen-bond donors (Lipinski definition) is 3. The summed E-state index contributed by atoms with van der Waals surface area (Å²) in [5.41, 5.74) is 4.15. The van der Waals surface area contributed by atoms with Crippen molar-refractivity contribution in [3.8, 4) is 5.75 Å². The molecule has 1 aromatic heterocycles. The second-order valence-electron chi connectivity index (χ2n) is 7.43. The van der Waals surface area contributed by atoms with Crippen LogP contribution in [0.2, 0.25) is 0 Å². The zero-order valence-corrected chi connectivity index (χ0v) is 17.2. The lowest BCUT2D eigenvalue weighted by Crippen LogP contribution is -2.41. The molecule has 0 aliphatic rings. The highest BCUT2D eigenvalue weighted by molar-refractivity contribution is 6.05. The van der Waals surface area contributed by atoms with Gasteiger partial charge >= 0.3 is 0 Å². The lowest BCUT2D eigenvalue weighted by molar-refractivity contribution is 0.0894. The Morgan fingerprint density at radius 1 is 1.21 bits per heavy atom. The van der Waals surface area contributed by atoms with Gasteiger partial charge in [0.25, 0.3) is 5.91 Å². The third-order valence-corrected chi connectivity index (χ3v) is 4.99. The first-order chi connectivity index (χ1) is 13.9. The van der Waals surface area contributed by atoms with Crippen molar-refractivity contribution < 1.29 is 14.6 Å². The standard InChI is InChI=1S/C23H27N3O3/c1-14(2)20(13-27)24-23(28)17-10-12-19-21(22(17)29-4)18(25-26-19)11-9-16-7-5-15(3)6-8-16/h5-12,14,20,27H,13H2,1-4H3,(H,24,28)(H,25,26)/t20-/m1/s1. The van der Waals surface area contributed by atoms with Gasteiger partial charge in [-0.15, -0.1) is 0 Å². The number of hydrogen-bond acceptors (Lipinski definition) is 4. The van der Waals surface area contributed by atoms with E-state index in [1.807, 2.05) is 45.1 Å². The minimum Gasteiger partial charge on any atom is -0.495 e. The molecule has 0 bridgehead atoms. The SMILES string of the molecule is COc1c(C(=O)N[C@H](CO)C(C)C)ccc2n[nH]c(C=Cc3ccc(C)cc3)c12. The Morgan fingerprint density at radius 3 is 2.55 bits per heavy atom. The van der Waals surface area contributed by atoms with Crippen molar-refractivity contribution in [2.24, 2.45) is 5.92 Å². The zero-order valence-electron chi connectivity index (χ0n) is 17.2. The Bertz CT molecular complexity index is 1020. The molecule has 0 fully saturated rings. The van der Waals surface area contributed by atoms with E-state index in [1.54, 1.807) is 12.1 Å². The molecular weight excluding hydrogens is 366 g/mol. The molecule has 6 heteroatoms. The third kappa shape index (κ3) is 4.49. The normalized spacial score (nSPS) is 12.6. The topological polar surface area (TPSA) is 87.2 Å². The first-order valence-corrected chi connectivity index (χ1v) is 9.66. The maximum Gasteiger partial charge on any atom is 0.255 e. The molecule has 0 spiro atoms. The molecule has 2 aromatic carbocycles. The quantitative estimate of drug-likeness (QED) is 0.570. The molecule has 1 heterocycles. The van der Waals surface area contributed by atoms with Crippen molar-refractivity contribution in [1.82, 2.24) is 15.5 Å². The number of aliphatic hydroxyl groups excluding tert-OH is 1. The second kappa shape index (κ2) is 8.92. The summed E-state index contributed by atoms with van der Waals surface area (Å²) >= 11 is 0. The number of carbonyl (C=O) groups excluding carboxylic acids is 1. The van der Waals surface area contributed by atoms with Crippen molar-refractivity contribution in [1.29, 1.82) is 0 Å². The Kier molecular flexibility index (Phi) is 6.34. The number of H-pyrrole nitrogens is 1. The fourth-order valence-corrected chi connectivity index (χ4v) is 3.14. The molecule has 0 unspecified atom stereocenters. The van der Waals surface area contributed by atoms with Crippen molar-refractivity contribution in [3.63, 3.8) is 0 Å². The maximum absolute atomic E-state index is 12.8. The summed E-state index contributed by atoms with van der Waals surface area (Å²) in [6, 6.07) is 11.4. The molecule has 3 aromatic rings. The minimum absolute atomic E-state index is 0.112. The summed E-state index contributed by atoms with van der Waals surface area (Å²) in [6.45, 7) is 5.83. The number of fused-ring (bicyclic) bond motifs is 1. The molecule has 0 saturated heterocycles. The number of benzene rings is 2. The summed E-state index contributed by atoms with van der Waals surface area (Å²) in [5, 5.41) is 20.5. The number of amides is 1. The van der Waals surface area contributed by atoms with Crippen molar-refractivity contribution in [2.45, 2.75) is 26.8 Å². The largest absolute Gasteiger partial charge is 0.495 e. The van der Waals surface area contributed by atoms with Crippen LogP contribution in [-0.4, -0.2) is 41.0 Å². The fraction of sp³-hybridized carbons (Fsp3) is 0.304. The minimum atomic E-state index is -0.326. The van der Waals surface area contributed by atoms with Gasteiger partial charge in [-0.25, -0.2) is 0 Å². The van der Waals surface area contributed by atoms with Crippen LogP contribution in [0, 0.1) is 12.8 Å². The molecule has 0 saturated carbocycles. The molecule has 0 aliphatic carbocycles. The van der Waals surface area contributed by atoms with E-state index in [4.69, 9.17) is 4.74 Å².